The number of hydrogen-bond donors (Lipinski definition) is 3. The van der Waals surface area contributed by atoms with Gasteiger partial charge in [0.2, 0.25) is 22.7 Å². The lowest BCUT2D eigenvalue weighted by atomic mass is 9.86. The average molecular weight is 1060 g/mol. The van der Waals surface area contributed by atoms with Crippen molar-refractivity contribution < 1.29 is 48.0 Å². The van der Waals surface area contributed by atoms with Crippen LogP contribution in [0.25, 0.3) is 21.8 Å². The Balaban J connectivity index is 0.000000217. The van der Waals surface area contributed by atoms with E-state index in [9.17, 15) is 48.5 Å². The number of benzene rings is 4. The van der Waals surface area contributed by atoms with E-state index in [1.165, 1.54) is 24.5 Å². The molecule has 74 heavy (non-hydrogen) atoms. The van der Waals surface area contributed by atoms with E-state index in [2.05, 4.69) is 0 Å². The largest absolute Gasteiger partial charge is 0.477 e. The summed E-state index contributed by atoms with van der Waals surface area (Å²) in [5.41, 5.74) is 1.28. The lowest BCUT2D eigenvalue weighted by Crippen LogP contribution is -2.30. The normalized spacial score (nSPS) is 14.9. The number of esters is 1. The summed E-state index contributed by atoms with van der Waals surface area (Å²) in [5, 5.41) is 30.2. The summed E-state index contributed by atoms with van der Waals surface area (Å²) in [7, 11) is 0. The highest BCUT2D eigenvalue weighted by molar-refractivity contribution is 6.31. The maximum atomic E-state index is 15.1. The first-order valence-electron chi connectivity index (χ1n) is 24.4. The number of ether oxygens (including phenoxy) is 1. The smallest absolute Gasteiger partial charge is 0.343 e. The molecule has 8 rings (SSSR count). The van der Waals surface area contributed by atoms with Crippen LogP contribution in [0.4, 0.5) is 20.2 Å². The van der Waals surface area contributed by atoms with Crippen LogP contribution in [-0.4, -0.2) is 81.1 Å². The summed E-state index contributed by atoms with van der Waals surface area (Å²) >= 11 is 12.3. The van der Waals surface area contributed by atoms with E-state index in [-0.39, 0.29) is 82.0 Å². The Hall–Kier alpha value is -6.46. The maximum absolute atomic E-state index is 15.1. The first-order valence-corrected chi connectivity index (χ1v) is 25.2. The Morgan fingerprint density at radius 1 is 0.649 bits per heavy atom. The summed E-state index contributed by atoms with van der Waals surface area (Å²) in [6, 6.07) is 15.3. The van der Waals surface area contributed by atoms with Crippen LogP contribution in [-0.2, 0) is 27.2 Å². The molecular formula is C56H60Cl2F2N4O10. The fourth-order valence-corrected chi connectivity index (χ4v) is 10.2. The molecule has 0 radical (unpaired) electrons. The highest BCUT2D eigenvalue weighted by Crippen LogP contribution is 2.37. The van der Waals surface area contributed by atoms with Crippen LogP contribution >= 0.6 is 23.2 Å². The summed E-state index contributed by atoms with van der Waals surface area (Å²) < 4.78 is 38.5. The van der Waals surface area contributed by atoms with Crippen molar-refractivity contribution in [2.75, 3.05) is 42.7 Å². The standard InChI is InChI=1S/C29H32ClFN2O5.C27H28ClFN2O5/c1-5-38-28(37)21-15-33(24(16-34)29(2,3)4)23-9-8-17(12-20(23)27(21)36)11-18-13-19(14-22(30)26(18)31)32-10-6-7-25(32)35;1-27(2,3)22(14-32)31-13-19(26(35)36)25(34)18-10-15(6-7-21(18)31)9-16-11-17(12-20(28)24(16)29)30-8-4-5-23(30)33/h8-9,12-15,24,34H,5-7,10-11,16H2,1-4H3;6-7,10-13,22,32H,4-5,8-9,14H2,1-3H3,(H,35,36)/t24-;22-/m11/s1. The molecule has 6 aromatic rings. The van der Waals surface area contributed by atoms with Crippen molar-refractivity contribution in [3.8, 4) is 0 Å². The molecule has 4 heterocycles. The van der Waals surface area contributed by atoms with Crippen LogP contribution in [0, 0.1) is 22.5 Å². The van der Waals surface area contributed by atoms with Gasteiger partial charge in [-0.1, -0.05) is 76.9 Å². The molecule has 3 N–H and O–H groups in total. The van der Waals surface area contributed by atoms with Gasteiger partial charge in [0.1, 0.15) is 22.8 Å². The first kappa shape index (κ1) is 55.3. The molecule has 18 heteroatoms. The molecule has 2 aliphatic heterocycles. The second-order valence-corrected chi connectivity index (χ2v) is 21.7. The number of carbonyl (C=O) groups is 4. The predicted octanol–water partition coefficient (Wildman–Crippen LogP) is 10.1. The van der Waals surface area contributed by atoms with Crippen molar-refractivity contribution in [1.29, 1.82) is 0 Å². The fraction of sp³-hybridized carbons (Fsp3) is 0.393. The summed E-state index contributed by atoms with van der Waals surface area (Å²) in [5.74, 6) is -3.40. The Labute approximate surface area is 436 Å². The molecule has 2 amide bonds. The van der Waals surface area contributed by atoms with E-state index < -0.39 is 62.9 Å². The molecule has 0 bridgehead atoms. The van der Waals surface area contributed by atoms with Crippen molar-refractivity contribution in [1.82, 2.24) is 9.13 Å². The van der Waals surface area contributed by atoms with E-state index in [0.717, 1.165) is 12.8 Å². The van der Waals surface area contributed by atoms with E-state index >= 15 is 4.39 Å². The van der Waals surface area contributed by atoms with E-state index in [4.69, 9.17) is 27.9 Å². The minimum Gasteiger partial charge on any atom is -0.477 e. The molecule has 2 aromatic heterocycles. The van der Waals surface area contributed by atoms with Crippen LogP contribution < -0.4 is 20.7 Å². The van der Waals surface area contributed by atoms with Crippen molar-refractivity contribution in [3.63, 3.8) is 0 Å². The molecule has 0 aliphatic carbocycles. The second kappa shape index (κ2) is 22.2. The molecule has 2 fully saturated rings. The molecule has 2 aliphatic rings. The molecule has 0 unspecified atom stereocenters. The molecular weight excluding hydrogens is 998 g/mol. The summed E-state index contributed by atoms with van der Waals surface area (Å²) in [6.45, 7) is 14.0. The van der Waals surface area contributed by atoms with Gasteiger partial charge >= 0.3 is 11.9 Å². The maximum Gasteiger partial charge on any atom is 0.343 e. The van der Waals surface area contributed by atoms with Gasteiger partial charge in [-0.25, -0.2) is 18.4 Å². The number of aromatic carboxylic acids is 1. The number of carboxylic acids is 1. The molecule has 14 nitrogen and oxygen atoms in total. The second-order valence-electron chi connectivity index (χ2n) is 20.9. The third-order valence-electron chi connectivity index (χ3n) is 13.7. The number of amides is 2. The molecule has 0 spiro atoms. The third kappa shape index (κ3) is 11.4. The number of anilines is 2. The van der Waals surface area contributed by atoms with Crippen molar-refractivity contribution in [2.24, 2.45) is 10.8 Å². The number of pyridine rings is 2. The van der Waals surface area contributed by atoms with Gasteiger partial charge in [-0.15, -0.1) is 0 Å². The third-order valence-corrected chi connectivity index (χ3v) is 14.2. The van der Waals surface area contributed by atoms with E-state index in [0.29, 0.717) is 59.5 Å². The number of carboxylic acid groups (broad SMARTS) is 1. The van der Waals surface area contributed by atoms with Gasteiger partial charge < -0.3 is 39.0 Å². The van der Waals surface area contributed by atoms with Gasteiger partial charge in [-0.05, 0) is 101 Å². The van der Waals surface area contributed by atoms with Crippen molar-refractivity contribution in [2.45, 2.75) is 99.1 Å². The molecule has 2 saturated heterocycles. The van der Waals surface area contributed by atoms with Crippen LogP contribution in [0.5, 0.6) is 0 Å². The predicted molar refractivity (Wildman–Crippen MR) is 282 cm³/mol. The van der Waals surface area contributed by atoms with E-state index in [1.54, 1.807) is 74.4 Å². The average Bonchev–Trinajstić information content (AvgIpc) is 3.97. The number of nitrogens with zero attached hydrogens (tertiary/aromatic N) is 4. The SMILES string of the molecule is CC(C)(C)[C@@H](CO)n1cc(C(=O)O)c(=O)c2cc(Cc3cc(N4CCCC4=O)cc(Cl)c3F)ccc21.CCOC(=O)c1cn([C@H](CO)C(C)(C)C)c2ccc(Cc3cc(N4CCCC4=O)cc(Cl)c3F)cc2c1=O. The van der Waals surface area contributed by atoms with Gasteiger partial charge in [0.05, 0.1) is 53.0 Å². The number of rotatable bonds is 13. The molecule has 4 aromatic carbocycles. The van der Waals surface area contributed by atoms with Gasteiger partial charge in [0, 0.05) is 73.3 Å². The summed E-state index contributed by atoms with van der Waals surface area (Å²) in [4.78, 5) is 78.6. The quantitative estimate of drug-likeness (QED) is 0.0939. The van der Waals surface area contributed by atoms with Crippen LogP contribution in [0.2, 0.25) is 10.0 Å². The van der Waals surface area contributed by atoms with Crippen LogP contribution in [0.15, 0.2) is 82.6 Å². The summed E-state index contributed by atoms with van der Waals surface area (Å²) in [6.07, 6.45) is 5.23. The molecule has 0 saturated carbocycles. The Kier molecular flexibility index (Phi) is 16.6. The molecule has 392 valence electrons. The monoisotopic (exact) mass is 1060 g/mol. The van der Waals surface area contributed by atoms with Gasteiger partial charge in [-0.3, -0.25) is 19.2 Å². The number of carbonyl (C=O) groups excluding carboxylic acids is 3. The number of fused-ring (bicyclic) bond motifs is 2. The fourth-order valence-electron chi connectivity index (χ4n) is 9.72. The lowest BCUT2D eigenvalue weighted by molar-refractivity contribution is -0.117. The number of halogens is 4. The zero-order valence-electron chi connectivity index (χ0n) is 42.4. The number of hydrogen-bond acceptors (Lipinski definition) is 9. The van der Waals surface area contributed by atoms with Crippen molar-refractivity contribution in [3.05, 3.63) is 149 Å². The Morgan fingerprint density at radius 3 is 1.41 bits per heavy atom. The van der Waals surface area contributed by atoms with E-state index in [1.807, 2.05) is 41.5 Å². The van der Waals surface area contributed by atoms with Gasteiger partial charge in [0.25, 0.3) is 0 Å². The molecule has 2 atom stereocenters. The lowest BCUT2D eigenvalue weighted by Gasteiger charge is -2.33. The van der Waals surface area contributed by atoms with Gasteiger partial charge in [0.15, 0.2) is 0 Å². The Morgan fingerprint density at radius 2 is 1.05 bits per heavy atom. The number of aliphatic hydroxyl groups excluding tert-OH is 2. The topological polar surface area (TPSA) is 189 Å². The van der Waals surface area contributed by atoms with Gasteiger partial charge in [-0.2, -0.15) is 0 Å². The minimum atomic E-state index is -1.37. The Bertz CT molecular complexity index is 3320. The zero-order valence-corrected chi connectivity index (χ0v) is 43.9. The minimum absolute atomic E-state index is 0.0336. The highest BCUT2D eigenvalue weighted by atomic mass is 35.5. The van der Waals surface area contributed by atoms with Crippen LogP contribution in [0.3, 0.4) is 0 Å². The zero-order chi connectivity index (χ0) is 54.1. The first-order chi connectivity index (χ1) is 34.9. The number of aromatic nitrogens is 2. The highest BCUT2D eigenvalue weighted by Gasteiger charge is 2.31. The van der Waals surface area contributed by atoms with Crippen LogP contribution in [0.1, 0.15) is 129 Å². The number of aliphatic hydroxyl groups is 2. The van der Waals surface area contributed by atoms with Crippen molar-refractivity contribution >= 4 is 80.1 Å².